The van der Waals surface area contributed by atoms with E-state index >= 15 is 0 Å². The molecule has 1 aromatic heterocycles. The topological polar surface area (TPSA) is 59.2 Å². The fourth-order valence-electron chi connectivity index (χ4n) is 2.27. The van der Waals surface area contributed by atoms with Gasteiger partial charge in [0.25, 0.3) is 0 Å². The van der Waals surface area contributed by atoms with Gasteiger partial charge in [-0.05, 0) is 30.9 Å². The van der Waals surface area contributed by atoms with Gasteiger partial charge in [-0.25, -0.2) is 0 Å². The number of pyridine rings is 1. The second-order valence-electron chi connectivity index (χ2n) is 4.09. The van der Waals surface area contributed by atoms with Gasteiger partial charge < -0.3 is 10.6 Å². The predicted octanol–water partition coefficient (Wildman–Crippen LogP) is 1.09. The summed E-state index contributed by atoms with van der Waals surface area (Å²) in [7, 11) is 0. The minimum Gasteiger partial charge on any atom is -0.335 e. The first-order valence-electron chi connectivity index (χ1n) is 5.72. The van der Waals surface area contributed by atoms with Gasteiger partial charge in [0.2, 0.25) is 5.91 Å². The number of aromatic nitrogens is 1. The standard InChI is InChI=1S/C12H17N3O/c13-8-12(16)15-7-2-1-5-11(15)10-4-3-6-14-9-10/h3-4,6,9,11H,1-2,5,7-8,13H2. The molecule has 0 spiro atoms. The van der Waals surface area contributed by atoms with E-state index in [1.165, 1.54) is 0 Å². The second-order valence-corrected chi connectivity index (χ2v) is 4.09. The Morgan fingerprint density at radius 2 is 2.44 bits per heavy atom. The van der Waals surface area contributed by atoms with Gasteiger partial charge in [0.05, 0.1) is 12.6 Å². The van der Waals surface area contributed by atoms with Crippen molar-refractivity contribution in [3.8, 4) is 0 Å². The molecule has 1 aliphatic heterocycles. The Bertz CT molecular complexity index is 353. The van der Waals surface area contributed by atoms with Gasteiger partial charge in [0, 0.05) is 18.9 Å². The number of nitrogens with two attached hydrogens (primary N) is 1. The van der Waals surface area contributed by atoms with Crippen LogP contribution < -0.4 is 5.73 Å². The molecule has 2 N–H and O–H groups in total. The van der Waals surface area contributed by atoms with E-state index in [1.807, 2.05) is 23.2 Å². The summed E-state index contributed by atoms with van der Waals surface area (Å²) in [6, 6.07) is 4.10. The predicted molar refractivity (Wildman–Crippen MR) is 61.6 cm³/mol. The van der Waals surface area contributed by atoms with Gasteiger partial charge in [0.15, 0.2) is 0 Å². The lowest BCUT2D eigenvalue weighted by Crippen LogP contribution is -2.41. The number of piperidine rings is 1. The van der Waals surface area contributed by atoms with Crippen molar-refractivity contribution in [3.63, 3.8) is 0 Å². The van der Waals surface area contributed by atoms with E-state index < -0.39 is 0 Å². The van der Waals surface area contributed by atoms with Crippen LogP contribution >= 0.6 is 0 Å². The normalized spacial score (nSPS) is 20.8. The summed E-state index contributed by atoms with van der Waals surface area (Å²) in [5, 5.41) is 0. The molecule has 4 heteroatoms. The van der Waals surface area contributed by atoms with Gasteiger partial charge in [-0.2, -0.15) is 0 Å². The number of rotatable bonds is 2. The first kappa shape index (κ1) is 11.1. The summed E-state index contributed by atoms with van der Waals surface area (Å²) >= 11 is 0. The number of nitrogens with zero attached hydrogens (tertiary/aromatic N) is 2. The highest BCUT2D eigenvalue weighted by Crippen LogP contribution is 2.30. The molecular weight excluding hydrogens is 202 g/mol. The van der Waals surface area contributed by atoms with Gasteiger partial charge >= 0.3 is 0 Å². The van der Waals surface area contributed by atoms with Crippen LogP contribution in [-0.2, 0) is 4.79 Å². The lowest BCUT2D eigenvalue weighted by molar-refractivity contribution is -0.133. The molecule has 2 rings (SSSR count). The maximum absolute atomic E-state index is 11.7. The molecule has 1 aliphatic rings. The van der Waals surface area contributed by atoms with Crippen LogP contribution in [0.15, 0.2) is 24.5 Å². The Balaban J connectivity index is 2.20. The van der Waals surface area contributed by atoms with Crippen molar-refractivity contribution in [2.45, 2.75) is 25.3 Å². The third kappa shape index (κ3) is 2.22. The highest BCUT2D eigenvalue weighted by molar-refractivity contribution is 5.78. The summed E-state index contributed by atoms with van der Waals surface area (Å²) in [5.74, 6) is 0.0357. The Morgan fingerprint density at radius 3 is 3.12 bits per heavy atom. The van der Waals surface area contributed by atoms with Gasteiger partial charge in [0.1, 0.15) is 0 Å². The van der Waals surface area contributed by atoms with Crippen LogP contribution in [-0.4, -0.2) is 28.9 Å². The van der Waals surface area contributed by atoms with Crippen molar-refractivity contribution >= 4 is 5.91 Å². The molecule has 86 valence electrons. The monoisotopic (exact) mass is 219 g/mol. The molecule has 1 amide bonds. The highest BCUT2D eigenvalue weighted by Gasteiger charge is 2.26. The molecule has 1 atom stereocenters. The van der Waals surface area contributed by atoms with Crippen LogP contribution in [0, 0.1) is 0 Å². The van der Waals surface area contributed by atoms with E-state index in [2.05, 4.69) is 4.98 Å². The van der Waals surface area contributed by atoms with Crippen molar-refractivity contribution in [3.05, 3.63) is 30.1 Å². The summed E-state index contributed by atoms with van der Waals surface area (Å²) in [6.07, 6.45) is 6.84. The Kier molecular flexibility index (Phi) is 3.51. The lowest BCUT2D eigenvalue weighted by atomic mass is 9.96. The molecule has 16 heavy (non-hydrogen) atoms. The van der Waals surface area contributed by atoms with Crippen LogP contribution in [0.2, 0.25) is 0 Å². The molecule has 0 saturated carbocycles. The first-order valence-corrected chi connectivity index (χ1v) is 5.72. The third-order valence-corrected chi connectivity index (χ3v) is 3.07. The zero-order valence-corrected chi connectivity index (χ0v) is 9.30. The van der Waals surface area contributed by atoms with E-state index in [4.69, 9.17) is 5.73 Å². The Hall–Kier alpha value is -1.42. The molecule has 1 aromatic rings. The average Bonchev–Trinajstić information content (AvgIpc) is 2.39. The van der Waals surface area contributed by atoms with Crippen LogP contribution in [0.4, 0.5) is 0 Å². The number of hydrogen-bond acceptors (Lipinski definition) is 3. The fraction of sp³-hybridized carbons (Fsp3) is 0.500. The van der Waals surface area contributed by atoms with Crippen molar-refractivity contribution < 1.29 is 4.79 Å². The summed E-state index contributed by atoms with van der Waals surface area (Å²) in [6.45, 7) is 0.909. The molecule has 0 radical (unpaired) electrons. The van der Waals surface area contributed by atoms with E-state index in [0.29, 0.717) is 0 Å². The number of carbonyl (C=O) groups excluding carboxylic acids is 1. The first-order chi connectivity index (χ1) is 7.83. The average molecular weight is 219 g/mol. The van der Waals surface area contributed by atoms with E-state index in [0.717, 1.165) is 31.4 Å². The fourth-order valence-corrected chi connectivity index (χ4v) is 2.27. The van der Waals surface area contributed by atoms with E-state index in [1.54, 1.807) is 6.20 Å². The van der Waals surface area contributed by atoms with Crippen molar-refractivity contribution in [1.29, 1.82) is 0 Å². The molecule has 0 bridgehead atoms. The van der Waals surface area contributed by atoms with Gasteiger partial charge in [-0.15, -0.1) is 0 Å². The third-order valence-electron chi connectivity index (χ3n) is 3.07. The quantitative estimate of drug-likeness (QED) is 0.810. The Labute approximate surface area is 95.5 Å². The summed E-state index contributed by atoms with van der Waals surface area (Å²) < 4.78 is 0. The molecular formula is C12H17N3O. The highest BCUT2D eigenvalue weighted by atomic mass is 16.2. The maximum Gasteiger partial charge on any atom is 0.236 e. The van der Waals surface area contributed by atoms with E-state index in [9.17, 15) is 4.79 Å². The molecule has 2 heterocycles. The second kappa shape index (κ2) is 5.07. The zero-order valence-electron chi connectivity index (χ0n) is 9.30. The summed E-state index contributed by atoms with van der Waals surface area (Å²) in [4.78, 5) is 17.7. The van der Waals surface area contributed by atoms with Crippen molar-refractivity contribution in [2.24, 2.45) is 5.73 Å². The number of carbonyl (C=O) groups is 1. The number of amides is 1. The molecule has 0 aromatic carbocycles. The van der Waals surface area contributed by atoms with Crippen LogP contribution in [0.5, 0.6) is 0 Å². The van der Waals surface area contributed by atoms with Crippen LogP contribution in [0.25, 0.3) is 0 Å². The maximum atomic E-state index is 11.7. The smallest absolute Gasteiger partial charge is 0.236 e. The Morgan fingerprint density at radius 1 is 1.56 bits per heavy atom. The van der Waals surface area contributed by atoms with Crippen LogP contribution in [0.1, 0.15) is 30.9 Å². The van der Waals surface area contributed by atoms with Gasteiger partial charge in [-0.1, -0.05) is 6.07 Å². The van der Waals surface area contributed by atoms with Crippen LogP contribution in [0.3, 0.4) is 0 Å². The van der Waals surface area contributed by atoms with Gasteiger partial charge in [-0.3, -0.25) is 9.78 Å². The molecule has 1 saturated heterocycles. The minimum atomic E-state index is 0.0357. The van der Waals surface area contributed by atoms with E-state index in [-0.39, 0.29) is 18.5 Å². The summed E-state index contributed by atoms with van der Waals surface area (Å²) in [5.41, 5.74) is 6.55. The largest absolute Gasteiger partial charge is 0.335 e. The number of hydrogen-bond donors (Lipinski definition) is 1. The molecule has 1 unspecified atom stereocenters. The van der Waals surface area contributed by atoms with Crippen molar-refractivity contribution in [2.75, 3.05) is 13.1 Å². The molecule has 4 nitrogen and oxygen atoms in total. The minimum absolute atomic E-state index is 0.0357. The lowest BCUT2D eigenvalue weighted by Gasteiger charge is -2.35. The SMILES string of the molecule is NCC(=O)N1CCCCC1c1cccnc1. The molecule has 1 fully saturated rings. The number of likely N-dealkylation sites (tertiary alicyclic amines) is 1. The molecule has 0 aliphatic carbocycles. The zero-order chi connectivity index (χ0) is 11.4. The van der Waals surface area contributed by atoms with Crippen molar-refractivity contribution in [1.82, 2.24) is 9.88 Å².